The van der Waals surface area contributed by atoms with Gasteiger partial charge in [0.05, 0.1) is 24.9 Å². The average molecular weight is 170 g/mol. The molecular weight excluding hydrogens is 156 g/mol. The number of nitrogens with one attached hydrogen (secondary N) is 2. The third-order valence-electron chi connectivity index (χ3n) is 2.59. The minimum absolute atomic E-state index is 0.0527. The molecule has 2 rings (SSSR count). The summed E-state index contributed by atoms with van der Waals surface area (Å²) >= 11 is 0. The van der Waals surface area contributed by atoms with Crippen LogP contribution in [-0.2, 0) is 9.53 Å². The van der Waals surface area contributed by atoms with Gasteiger partial charge < -0.3 is 10.1 Å². The number of hydrogen-bond acceptors (Lipinski definition) is 3. The van der Waals surface area contributed by atoms with Crippen molar-refractivity contribution in [1.82, 2.24) is 10.6 Å². The van der Waals surface area contributed by atoms with Crippen molar-refractivity contribution < 1.29 is 9.53 Å². The number of ether oxygens (including phenoxy) is 1. The van der Waals surface area contributed by atoms with Crippen LogP contribution in [0, 0.1) is 0 Å². The Balaban J connectivity index is 2.07. The topological polar surface area (TPSA) is 50.4 Å². The lowest BCUT2D eigenvalue weighted by molar-refractivity contribution is -0.121. The van der Waals surface area contributed by atoms with E-state index in [1.54, 1.807) is 0 Å². The van der Waals surface area contributed by atoms with Crippen LogP contribution in [0.15, 0.2) is 0 Å². The molecule has 1 atom stereocenters. The van der Waals surface area contributed by atoms with Crippen LogP contribution in [-0.4, -0.2) is 30.8 Å². The van der Waals surface area contributed by atoms with Gasteiger partial charge in [-0.15, -0.1) is 0 Å². The minimum Gasteiger partial charge on any atom is -0.381 e. The standard InChI is InChI=1S/C8H14N2O2/c1-6-7(11)10-8(9-6)2-4-12-5-3-8/h6,9H,2-5H2,1H3,(H,10,11). The number of rotatable bonds is 0. The fourth-order valence-corrected chi connectivity index (χ4v) is 1.85. The summed E-state index contributed by atoms with van der Waals surface area (Å²) in [5.74, 6) is 0.108. The molecule has 0 aromatic heterocycles. The van der Waals surface area contributed by atoms with Gasteiger partial charge in [-0.05, 0) is 6.92 Å². The first kappa shape index (κ1) is 8.01. The summed E-state index contributed by atoms with van der Waals surface area (Å²) in [5, 5.41) is 6.27. The first-order valence-corrected chi connectivity index (χ1v) is 4.39. The Bertz CT molecular complexity index is 199. The van der Waals surface area contributed by atoms with Crippen molar-refractivity contribution in [2.45, 2.75) is 31.5 Å². The van der Waals surface area contributed by atoms with Gasteiger partial charge in [0.1, 0.15) is 0 Å². The summed E-state index contributed by atoms with van der Waals surface area (Å²) in [4.78, 5) is 11.2. The van der Waals surface area contributed by atoms with E-state index in [2.05, 4.69) is 10.6 Å². The van der Waals surface area contributed by atoms with Crippen molar-refractivity contribution in [3.05, 3.63) is 0 Å². The fraction of sp³-hybridized carbons (Fsp3) is 0.875. The molecule has 2 aliphatic heterocycles. The van der Waals surface area contributed by atoms with E-state index in [0.717, 1.165) is 26.1 Å². The van der Waals surface area contributed by atoms with E-state index in [1.165, 1.54) is 0 Å². The van der Waals surface area contributed by atoms with Crippen molar-refractivity contribution in [2.24, 2.45) is 0 Å². The molecule has 0 saturated carbocycles. The monoisotopic (exact) mass is 170 g/mol. The van der Waals surface area contributed by atoms with Crippen molar-refractivity contribution in [3.8, 4) is 0 Å². The number of hydrogen-bond donors (Lipinski definition) is 2. The Hall–Kier alpha value is -0.610. The fourth-order valence-electron chi connectivity index (χ4n) is 1.85. The number of carbonyl (C=O) groups is 1. The van der Waals surface area contributed by atoms with E-state index < -0.39 is 0 Å². The highest BCUT2D eigenvalue weighted by Gasteiger charge is 2.42. The molecule has 1 amide bonds. The van der Waals surface area contributed by atoms with Gasteiger partial charge in [0, 0.05) is 12.8 Å². The van der Waals surface area contributed by atoms with Gasteiger partial charge in [-0.25, -0.2) is 0 Å². The Labute approximate surface area is 71.7 Å². The molecule has 2 heterocycles. The highest BCUT2D eigenvalue weighted by atomic mass is 16.5. The van der Waals surface area contributed by atoms with Gasteiger partial charge >= 0.3 is 0 Å². The third kappa shape index (κ3) is 1.21. The first-order chi connectivity index (χ1) is 5.72. The van der Waals surface area contributed by atoms with Crippen LogP contribution in [0.3, 0.4) is 0 Å². The van der Waals surface area contributed by atoms with Gasteiger partial charge in [-0.1, -0.05) is 0 Å². The zero-order valence-electron chi connectivity index (χ0n) is 7.22. The Morgan fingerprint density at radius 2 is 2.17 bits per heavy atom. The maximum absolute atomic E-state index is 11.2. The molecule has 0 radical (unpaired) electrons. The second-order valence-corrected chi connectivity index (χ2v) is 3.55. The van der Waals surface area contributed by atoms with E-state index in [1.807, 2.05) is 6.92 Å². The smallest absolute Gasteiger partial charge is 0.238 e. The third-order valence-corrected chi connectivity index (χ3v) is 2.59. The van der Waals surface area contributed by atoms with E-state index in [9.17, 15) is 4.79 Å². The van der Waals surface area contributed by atoms with Crippen LogP contribution >= 0.6 is 0 Å². The van der Waals surface area contributed by atoms with Gasteiger partial charge in [0.2, 0.25) is 5.91 Å². The largest absolute Gasteiger partial charge is 0.381 e. The number of carbonyl (C=O) groups excluding carboxylic acids is 1. The Morgan fingerprint density at radius 3 is 2.67 bits per heavy atom. The van der Waals surface area contributed by atoms with E-state index in [4.69, 9.17) is 4.74 Å². The zero-order chi connectivity index (χ0) is 8.60. The van der Waals surface area contributed by atoms with Gasteiger partial charge in [0.25, 0.3) is 0 Å². The van der Waals surface area contributed by atoms with Crippen LogP contribution in [0.5, 0.6) is 0 Å². The molecule has 4 heteroatoms. The van der Waals surface area contributed by atoms with Crippen LogP contribution < -0.4 is 10.6 Å². The SMILES string of the molecule is CC1NC2(CCOCC2)NC1=O. The molecule has 1 spiro atoms. The second-order valence-electron chi connectivity index (χ2n) is 3.55. The molecule has 2 fully saturated rings. The van der Waals surface area contributed by atoms with E-state index in [0.29, 0.717) is 0 Å². The highest BCUT2D eigenvalue weighted by molar-refractivity contribution is 5.84. The van der Waals surface area contributed by atoms with Crippen molar-refractivity contribution in [3.63, 3.8) is 0 Å². The minimum atomic E-state index is -0.158. The van der Waals surface area contributed by atoms with Crippen LogP contribution in [0.4, 0.5) is 0 Å². The molecule has 0 aromatic carbocycles. The molecule has 0 aromatic rings. The lowest BCUT2D eigenvalue weighted by Gasteiger charge is -2.33. The number of amides is 1. The molecule has 2 aliphatic rings. The quantitative estimate of drug-likeness (QED) is 0.520. The summed E-state index contributed by atoms with van der Waals surface area (Å²) in [6.07, 6.45) is 1.76. The molecule has 12 heavy (non-hydrogen) atoms. The average Bonchev–Trinajstić information content (AvgIpc) is 2.29. The van der Waals surface area contributed by atoms with Crippen LogP contribution in [0.2, 0.25) is 0 Å². The van der Waals surface area contributed by atoms with Crippen LogP contribution in [0.25, 0.3) is 0 Å². The molecule has 4 nitrogen and oxygen atoms in total. The van der Waals surface area contributed by atoms with Crippen molar-refractivity contribution in [1.29, 1.82) is 0 Å². The van der Waals surface area contributed by atoms with Crippen molar-refractivity contribution >= 4 is 5.91 Å². The maximum atomic E-state index is 11.2. The van der Waals surface area contributed by atoms with E-state index >= 15 is 0 Å². The zero-order valence-corrected chi connectivity index (χ0v) is 7.22. The first-order valence-electron chi connectivity index (χ1n) is 4.39. The molecule has 2 N–H and O–H groups in total. The highest BCUT2D eigenvalue weighted by Crippen LogP contribution is 2.22. The molecule has 1 unspecified atom stereocenters. The van der Waals surface area contributed by atoms with Gasteiger partial charge in [-0.3, -0.25) is 10.1 Å². The van der Waals surface area contributed by atoms with Crippen LogP contribution in [0.1, 0.15) is 19.8 Å². The second kappa shape index (κ2) is 2.71. The molecular formula is C8H14N2O2. The summed E-state index contributed by atoms with van der Waals surface area (Å²) in [5.41, 5.74) is -0.158. The predicted molar refractivity (Wildman–Crippen MR) is 43.5 cm³/mol. The van der Waals surface area contributed by atoms with Gasteiger partial charge in [-0.2, -0.15) is 0 Å². The summed E-state index contributed by atoms with van der Waals surface area (Å²) in [6, 6.07) is -0.0527. The molecule has 0 bridgehead atoms. The lowest BCUT2D eigenvalue weighted by atomic mass is 10.0. The summed E-state index contributed by atoms with van der Waals surface area (Å²) < 4.78 is 5.24. The lowest BCUT2D eigenvalue weighted by Crippen LogP contribution is -2.53. The predicted octanol–water partition coefficient (Wildman–Crippen LogP) is -0.399. The van der Waals surface area contributed by atoms with Gasteiger partial charge in [0.15, 0.2) is 0 Å². The summed E-state index contributed by atoms with van der Waals surface area (Å²) in [7, 11) is 0. The van der Waals surface area contributed by atoms with E-state index in [-0.39, 0.29) is 17.6 Å². The Morgan fingerprint density at radius 1 is 1.50 bits per heavy atom. The Kier molecular flexibility index (Phi) is 1.81. The summed E-state index contributed by atoms with van der Waals surface area (Å²) in [6.45, 7) is 3.36. The molecule has 2 saturated heterocycles. The van der Waals surface area contributed by atoms with Crippen molar-refractivity contribution in [2.75, 3.05) is 13.2 Å². The molecule has 68 valence electrons. The maximum Gasteiger partial charge on any atom is 0.238 e. The normalized spacial score (nSPS) is 33.8. The molecule has 0 aliphatic carbocycles.